The first-order chi connectivity index (χ1) is 8.38. The maximum absolute atomic E-state index is 13.1. The summed E-state index contributed by atoms with van der Waals surface area (Å²) >= 11 is 0. The van der Waals surface area contributed by atoms with Crippen molar-refractivity contribution >= 4 is 0 Å². The summed E-state index contributed by atoms with van der Waals surface area (Å²) in [6.45, 7) is 0. The molecule has 0 atom stereocenters. The fourth-order valence-electron chi connectivity index (χ4n) is 1.45. The molecule has 0 saturated carbocycles. The predicted octanol–water partition coefficient (Wildman–Crippen LogP) is 2.59. The molecule has 0 radical (unpaired) electrons. The van der Waals surface area contributed by atoms with Crippen molar-refractivity contribution < 1.29 is 17.6 Å². The molecule has 0 aliphatic carbocycles. The third kappa shape index (κ3) is 2.39. The number of H-pyrrole nitrogens is 1. The average Bonchev–Trinajstić information content (AvgIpc) is 2.27. The molecule has 0 amide bonds. The topological polar surface area (TPSA) is 45.8 Å². The minimum Gasteiger partial charge on any atom is -0.326 e. The Labute approximate surface area is 98.1 Å². The Morgan fingerprint density at radius 1 is 1.17 bits per heavy atom. The van der Waals surface area contributed by atoms with Crippen LogP contribution in [0.4, 0.5) is 17.6 Å². The fraction of sp³-hybridized carbons (Fsp3) is 0.0909. The van der Waals surface area contributed by atoms with Gasteiger partial charge in [0.05, 0.1) is 5.56 Å². The lowest BCUT2D eigenvalue weighted by atomic mass is 10.1. The number of nitrogens with zero attached hydrogens (tertiary/aromatic N) is 1. The zero-order valence-electron chi connectivity index (χ0n) is 8.75. The predicted molar refractivity (Wildman–Crippen MR) is 55.3 cm³/mol. The molecule has 0 unspecified atom stereocenters. The molecule has 0 aliphatic heterocycles. The molecule has 0 bridgehead atoms. The van der Waals surface area contributed by atoms with Gasteiger partial charge in [-0.3, -0.25) is 4.79 Å². The minimum atomic E-state index is -4.68. The summed E-state index contributed by atoms with van der Waals surface area (Å²) in [6, 6.07) is 1.87. The molecule has 7 heteroatoms. The van der Waals surface area contributed by atoms with Crippen molar-refractivity contribution in [3.8, 4) is 11.3 Å². The highest BCUT2D eigenvalue weighted by molar-refractivity contribution is 5.59. The molecule has 2 aromatic rings. The molecule has 1 heterocycles. The van der Waals surface area contributed by atoms with E-state index in [-0.39, 0.29) is 11.3 Å². The second-order valence-electron chi connectivity index (χ2n) is 3.49. The second-order valence-corrected chi connectivity index (χ2v) is 3.49. The molecule has 18 heavy (non-hydrogen) atoms. The first-order valence-electron chi connectivity index (χ1n) is 4.80. The number of nitrogens with one attached hydrogen (secondary N) is 1. The van der Waals surface area contributed by atoms with Crippen molar-refractivity contribution in [3.63, 3.8) is 0 Å². The number of aromatic nitrogens is 2. The van der Waals surface area contributed by atoms with Gasteiger partial charge in [-0.15, -0.1) is 0 Å². The van der Waals surface area contributed by atoms with E-state index in [1.807, 2.05) is 0 Å². The van der Waals surface area contributed by atoms with Gasteiger partial charge in [-0.1, -0.05) is 0 Å². The van der Waals surface area contributed by atoms with Gasteiger partial charge in [-0.25, -0.2) is 9.37 Å². The molecular weight excluding hydrogens is 252 g/mol. The zero-order chi connectivity index (χ0) is 13.3. The van der Waals surface area contributed by atoms with Crippen LogP contribution in [0, 0.1) is 5.82 Å². The van der Waals surface area contributed by atoms with E-state index < -0.39 is 23.1 Å². The number of rotatable bonds is 1. The molecule has 1 aromatic carbocycles. The summed E-state index contributed by atoms with van der Waals surface area (Å²) in [5, 5.41) is 0. The number of halogens is 4. The van der Waals surface area contributed by atoms with Crippen LogP contribution in [0.25, 0.3) is 11.3 Å². The van der Waals surface area contributed by atoms with E-state index in [1.165, 1.54) is 12.4 Å². The fourth-order valence-corrected chi connectivity index (χ4v) is 1.45. The van der Waals surface area contributed by atoms with Crippen molar-refractivity contribution in [2.75, 3.05) is 0 Å². The van der Waals surface area contributed by atoms with Crippen LogP contribution in [0.15, 0.2) is 35.4 Å². The smallest absolute Gasteiger partial charge is 0.326 e. The Hall–Kier alpha value is -2.18. The van der Waals surface area contributed by atoms with Gasteiger partial charge >= 0.3 is 6.18 Å². The van der Waals surface area contributed by atoms with Crippen LogP contribution >= 0.6 is 0 Å². The summed E-state index contributed by atoms with van der Waals surface area (Å²) in [4.78, 5) is 17.3. The van der Waals surface area contributed by atoms with Crippen LogP contribution in [0.5, 0.6) is 0 Å². The number of aromatic amines is 1. The van der Waals surface area contributed by atoms with Crippen molar-refractivity contribution in [1.82, 2.24) is 9.97 Å². The SMILES string of the molecule is O=c1[nH]ccnc1-c1cc(F)cc(C(F)(F)F)c1. The summed E-state index contributed by atoms with van der Waals surface area (Å²) in [6.07, 6.45) is -2.25. The highest BCUT2D eigenvalue weighted by Gasteiger charge is 2.31. The van der Waals surface area contributed by atoms with Gasteiger partial charge in [-0.05, 0) is 18.2 Å². The second kappa shape index (κ2) is 4.25. The van der Waals surface area contributed by atoms with E-state index in [2.05, 4.69) is 9.97 Å². The maximum Gasteiger partial charge on any atom is 0.416 e. The standard InChI is InChI=1S/C11H6F4N2O/c12-8-4-6(3-7(5-8)11(13,14)15)9-10(18)17-2-1-16-9/h1-5H,(H,17,18). The van der Waals surface area contributed by atoms with Gasteiger partial charge in [0.2, 0.25) is 0 Å². The Kier molecular flexibility index (Phi) is 2.90. The van der Waals surface area contributed by atoms with E-state index in [4.69, 9.17) is 0 Å². The molecular formula is C11H6F4N2O. The third-order valence-corrected chi connectivity index (χ3v) is 2.21. The molecule has 94 valence electrons. The highest BCUT2D eigenvalue weighted by Crippen LogP contribution is 2.32. The Bertz CT molecular complexity index is 633. The lowest BCUT2D eigenvalue weighted by Crippen LogP contribution is -2.11. The quantitative estimate of drug-likeness (QED) is 0.799. The Morgan fingerprint density at radius 3 is 2.50 bits per heavy atom. The van der Waals surface area contributed by atoms with E-state index in [9.17, 15) is 22.4 Å². The maximum atomic E-state index is 13.1. The van der Waals surface area contributed by atoms with E-state index >= 15 is 0 Å². The normalized spacial score (nSPS) is 11.6. The van der Waals surface area contributed by atoms with Gasteiger partial charge in [0.1, 0.15) is 11.5 Å². The molecule has 0 fully saturated rings. The first kappa shape index (κ1) is 12.3. The van der Waals surface area contributed by atoms with Crippen LogP contribution in [0.2, 0.25) is 0 Å². The molecule has 3 nitrogen and oxygen atoms in total. The number of alkyl halides is 3. The molecule has 1 aromatic heterocycles. The Balaban J connectivity index is 2.63. The van der Waals surface area contributed by atoms with Gasteiger partial charge in [-0.2, -0.15) is 13.2 Å². The summed E-state index contributed by atoms with van der Waals surface area (Å²) in [5.41, 5.74) is -2.33. The van der Waals surface area contributed by atoms with Crippen molar-refractivity contribution in [3.05, 3.63) is 52.3 Å². The van der Waals surface area contributed by atoms with Crippen molar-refractivity contribution in [2.45, 2.75) is 6.18 Å². The third-order valence-electron chi connectivity index (χ3n) is 2.21. The number of benzene rings is 1. The largest absolute Gasteiger partial charge is 0.416 e. The highest BCUT2D eigenvalue weighted by atomic mass is 19.4. The molecule has 2 rings (SSSR count). The van der Waals surface area contributed by atoms with E-state index in [0.717, 1.165) is 6.07 Å². The number of hydrogen-bond acceptors (Lipinski definition) is 2. The lowest BCUT2D eigenvalue weighted by molar-refractivity contribution is -0.137. The zero-order valence-corrected chi connectivity index (χ0v) is 8.75. The van der Waals surface area contributed by atoms with Gasteiger partial charge < -0.3 is 4.98 Å². The Morgan fingerprint density at radius 2 is 1.89 bits per heavy atom. The van der Waals surface area contributed by atoms with E-state index in [1.54, 1.807) is 0 Å². The number of hydrogen-bond donors (Lipinski definition) is 1. The van der Waals surface area contributed by atoms with Gasteiger partial charge in [0.15, 0.2) is 0 Å². The molecule has 1 N–H and O–H groups in total. The van der Waals surface area contributed by atoms with Crippen LogP contribution in [0.3, 0.4) is 0 Å². The lowest BCUT2D eigenvalue weighted by Gasteiger charge is -2.08. The summed E-state index contributed by atoms with van der Waals surface area (Å²) in [5.74, 6) is -1.08. The first-order valence-corrected chi connectivity index (χ1v) is 4.80. The molecule has 0 spiro atoms. The van der Waals surface area contributed by atoms with E-state index in [0.29, 0.717) is 12.1 Å². The van der Waals surface area contributed by atoms with Crippen molar-refractivity contribution in [2.24, 2.45) is 0 Å². The summed E-state index contributed by atoms with van der Waals surface area (Å²) in [7, 11) is 0. The minimum absolute atomic E-state index is 0.218. The molecule has 0 saturated heterocycles. The van der Waals surface area contributed by atoms with Gasteiger partial charge in [0, 0.05) is 18.0 Å². The van der Waals surface area contributed by atoms with Crippen LogP contribution < -0.4 is 5.56 Å². The van der Waals surface area contributed by atoms with Crippen molar-refractivity contribution in [1.29, 1.82) is 0 Å². The summed E-state index contributed by atoms with van der Waals surface area (Å²) < 4.78 is 50.6. The van der Waals surface area contributed by atoms with Crippen LogP contribution in [-0.2, 0) is 6.18 Å². The van der Waals surface area contributed by atoms with Gasteiger partial charge in [0.25, 0.3) is 5.56 Å². The van der Waals surface area contributed by atoms with Crippen LogP contribution in [-0.4, -0.2) is 9.97 Å². The molecule has 0 aliphatic rings. The average molecular weight is 258 g/mol. The van der Waals surface area contributed by atoms with Crippen LogP contribution in [0.1, 0.15) is 5.56 Å². The monoisotopic (exact) mass is 258 g/mol.